The lowest BCUT2D eigenvalue weighted by Gasteiger charge is -2.31. The van der Waals surface area contributed by atoms with Crippen molar-refractivity contribution in [2.45, 2.75) is 45.3 Å². The molecule has 1 aliphatic heterocycles. The van der Waals surface area contributed by atoms with Gasteiger partial charge in [-0.2, -0.15) is 4.98 Å². The Morgan fingerprint density at radius 3 is 2.35 bits per heavy atom. The second kappa shape index (κ2) is 12.2. The highest BCUT2D eigenvalue weighted by atomic mass is 35.5. The second-order valence-electron chi connectivity index (χ2n) is 10.2. The zero-order valence-corrected chi connectivity index (χ0v) is 24.3. The number of hydrogen-bond acceptors (Lipinski definition) is 8. The van der Waals surface area contributed by atoms with Crippen LogP contribution in [0.1, 0.15) is 32.6 Å². The zero-order chi connectivity index (χ0) is 28.4. The number of ether oxygens (including phenoxy) is 3. The van der Waals surface area contributed by atoms with E-state index in [-0.39, 0.29) is 39.7 Å². The molecule has 1 saturated heterocycles. The number of amides is 1. The fourth-order valence-corrected chi connectivity index (χ4v) is 5.66. The van der Waals surface area contributed by atoms with Gasteiger partial charge in [0.05, 0.1) is 49.1 Å². The first kappa shape index (κ1) is 28.4. The van der Waals surface area contributed by atoms with Crippen LogP contribution >= 0.6 is 23.2 Å². The Hall–Kier alpha value is -3.08. The lowest BCUT2D eigenvalue weighted by molar-refractivity contribution is -0.131. The fourth-order valence-electron chi connectivity index (χ4n) is 4.96. The van der Waals surface area contributed by atoms with Crippen LogP contribution < -0.4 is 20.3 Å². The van der Waals surface area contributed by atoms with E-state index < -0.39 is 0 Å². The number of rotatable bonds is 10. The summed E-state index contributed by atoms with van der Waals surface area (Å²) < 4.78 is 18.6. The third-order valence-electron chi connectivity index (χ3n) is 7.47. The van der Waals surface area contributed by atoms with Crippen LogP contribution in [0.25, 0.3) is 22.2 Å². The molecule has 3 heterocycles. The van der Waals surface area contributed by atoms with Gasteiger partial charge in [0.25, 0.3) is 5.56 Å². The third-order valence-corrected chi connectivity index (χ3v) is 8.22. The summed E-state index contributed by atoms with van der Waals surface area (Å²) in [4.78, 5) is 36.7. The summed E-state index contributed by atoms with van der Waals surface area (Å²) in [5.74, 6) is 1.85. The van der Waals surface area contributed by atoms with Crippen molar-refractivity contribution in [1.29, 1.82) is 0 Å². The predicted octanol–water partition coefficient (Wildman–Crippen LogP) is 4.63. The van der Waals surface area contributed by atoms with Gasteiger partial charge in [0.1, 0.15) is 17.1 Å². The molecule has 214 valence electrons. The average Bonchev–Trinajstić information content (AvgIpc) is 3.79. The molecular weight excluding hydrogens is 557 g/mol. The van der Waals surface area contributed by atoms with Crippen LogP contribution in [0, 0.1) is 5.92 Å². The summed E-state index contributed by atoms with van der Waals surface area (Å²) >= 11 is 13.4. The monoisotopic (exact) mass is 589 g/mol. The van der Waals surface area contributed by atoms with E-state index in [1.165, 1.54) is 27.1 Å². The standard InChI is InChI=1S/C28H33Cl2N5O5/c1-16(36)34-8-6-19(7-9-34)40-11-10-35-26-18(15-32-28(33-26)31-14-17-4-5-17)12-20(27(35)37)23-24(29)21(38-2)13-22(39-3)25(23)30/h12-13,15,17,19H,4-11,14H2,1-3H3,(H,31,32,33). The Kier molecular flexibility index (Phi) is 8.68. The van der Waals surface area contributed by atoms with E-state index in [4.69, 9.17) is 42.4 Å². The molecule has 1 aliphatic carbocycles. The topological polar surface area (TPSA) is 108 Å². The van der Waals surface area contributed by atoms with Crippen molar-refractivity contribution in [2.24, 2.45) is 5.92 Å². The molecule has 1 aromatic carbocycles. The van der Waals surface area contributed by atoms with E-state index in [0.717, 1.165) is 19.4 Å². The number of halogens is 2. The minimum atomic E-state index is -0.326. The number of nitrogens with one attached hydrogen (secondary N) is 1. The van der Waals surface area contributed by atoms with E-state index in [1.807, 2.05) is 4.90 Å². The lowest BCUT2D eigenvalue weighted by atomic mass is 10.0. The largest absolute Gasteiger partial charge is 0.495 e. The fraction of sp³-hybridized carbons (Fsp3) is 0.500. The second-order valence-corrected chi connectivity index (χ2v) is 10.9. The maximum Gasteiger partial charge on any atom is 0.260 e. The quantitative estimate of drug-likeness (QED) is 0.364. The molecule has 0 radical (unpaired) electrons. The van der Waals surface area contributed by atoms with Crippen LogP contribution in [0.4, 0.5) is 5.95 Å². The molecule has 3 aromatic rings. The minimum Gasteiger partial charge on any atom is -0.495 e. The summed E-state index contributed by atoms with van der Waals surface area (Å²) in [6.07, 6.45) is 5.60. The SMILES string of the molecule is COc1cc(OC)c(Cl)c(-c2cc3cnc(NCC4CC4)nc3n(CCOC3CCN(C(C)=O)CC3)c2=O)c1Cl. The molecule has 0 atom stereocenters. The Bertz CT molecular complexity index is 1440. The number of methoxy groups -OCH3 is 2. The van der Waals surface area contributed by atoms with Gasteiger partial charge in [-0.05, 0) is 37.7 Å². The van der Waals surface area contributed by atoms with E-state index >= 15 is 0 Å². The number of piperidine rings is 1. The number of anilines is 1. The van der Waals surface area contributed by atoms with Gasteiger partial charge in [-0.1, -0.05) is 23.2 Å². The van der Waals surface area contributed by atoms with Gasteiger partial charge in [-0.25, -0.2) is 4.98 Å². The summed E-state index contributed by atoms with van der Waals surface area (Å²) in [5.41, 5.74) is 0.748. The van der Waals surface area contributed by atoms with Gasteiger partial charge in [-0.15, -0.1) is 0 Å². The highest BCUT2D eigenvalue weighted by Gasteiger charge is 2.25. The lowest BCUT2D eigenvalue weighted by Crippen LogP contribution is -2.40. The summed E-state index contributed by atoms with van der Waals surface area (Å²) in [5, 5.41) is 4.34. The number of benzene rings is 1. The van der Waals surface area contributed by atoms with Crippen molar-refractivity contribution < 1.29 is 19.0 Å². The molecule has 0 spiro atoms. The highest BCUT2D eigenvalue weighted by Crippen LogP contribution is 2.45. The molecule has 5 rings (SSSR count). The van der Waals surface area contributed by atoms with E-state index in [9.17, 15) is 9.59 Å². The zero-order valence-electron chi connectivity index (χ0n) is 22.8. The molecule has 0 bridgehead atoms. The van der Waals surface area contributed by atoms with Gasteiger partial charge < -0.3 is 24.4 Å². The number of likely N-dealkylation sites (tertiary alicyclic amines) is 1. The molecule has 12 heteroatoms. The Labute approximate surface area is 242 Å². The number of pyridine rings is 1. The highest BCUT2D eigenvalue weighted by molar-refractivity contribution is 6.41. The number of carbonyl (C=O) groups excluding carboxylic acids is 1. The first-order chi connectivity index (χ1) is 19.3. The van der Waals surface area contributed by atoms with Crippen LogP contribution in [0.15, 0.2) is 23.1 Å². The third kappa shape index (κ3) is 5.99. The van der Waals surface area contributed by atoms with Crippen molar-refractivity contribution in [3.8, 4) is 22.6 Å². The van der Waals surface area contributed by atoms with Crippen LogP contribution in [-0.4, -0.2) is 71.9 Å². The van der Waals surface area contributed by atoms with Gasteiger partial charge in [0.15, 0.2) is 0 Å². The van der Waals surface area contributed by atoms with Gasteiger partial charge >= 0.3 is 0 Å². The molecule has 0 unspecified atom stereocenters. The van der Waals surface area contributed by atoms with E-state index in [0.29, 0.717) is 59.7 Å². The molecule has 1 amide bonds. The van der Waals surface area contributed by atoms with Gasteiger partial charge in [0, 0.05) is 49.8 Å². The molecule has 10 nitrogen and oxygen atoms in total. The summed E-state index contributed by atoms with van der Waals surface area (Å²) in [7, 11) is 2.97. The number of nitrogens with zero attached hydrogens (tertiary/aromatic N) is 4. The average molecular weight is 591 g/mol. The minimum absolute atomic E-state index is 0.0117. The number of carbonyl (C=O) groups is 1. The van der Waals surface area contributed by atoms with Crippen LogP contribution in [0.3, 0.4) is 0 Å². The van der Waals surface area contributed by atoms with Crippen LogP contribution in [0.5, 0.6) is 11.5 Å². The van der Waals surface area contributed by atoms with Crippen molar-refractivity contribution in [3.63, 3.8) is 0 Å². The molecule has 2 aromatic heterocycles. The van der Waals surface area contributed by atoms with E-state index in [1.54, 1.807) is 29.8 Å². The number of fused-ring (bicyclic) bond motifs is 1. The number of aromatic nitrogens is 3. The maximum absolute atomic E-state index is 14.1. The molecule has 40 heavy (non-hydrogen) atoms. The first-order valence-electron chi connectivity index (χ1n) is 13.4. The Balaban J connectivity index is 1.51. The molecule has 1 N–H and O–H groups in total. The molecule has 1 saturated carbocycles. The van der Waals surface area contributed by atoms with Crippen molar-refractivity contribution in [3.05, 3.63) is 38.7 Å². The maximum atomic E-state index is 14.1. The Morgan fingerprint density at radius 2 is 1.75 bits per heavy atom. The number of hydrogen-bond donors (Lipinski definition) is 1. The molecule has 2 aliphatic rings. The smallest absolute Gasteiger partial charge is 0.260 e. The van der Waals surface area contributed by atoms with Crippen molar-refractivity contribution >= 4 is 46.1 Å². The van der Waals surface area contributed by atoms with Crippen LogP contribution in [-0.2, 0) is 16.1 Å². The van der Waals surface area contributed by atoms with Gasteiger partial charge in [-0.3, -0.25) is 14.2 Å². The van der Waals surface area contributed by atoms with Gasteiger partial charge in [0.2, 0.25) is 11.9 Å². The normalized spacial score (nSPS) is 15.9. The molecule has 2 fully saturated rings. The first-order valence-corrected chi connectivity index (χ1v) is 14.2. The van der Waals surface area contributed by atoms with Crippen molar-refractivity contribution in [2.75, 3.05) is 45.8 Å². The van der Waals surface area contributed by atoms with Crippen LogP contribution in [0.2, 0.25) is 10.0 Å². The van der Waals surface area contributed by atoms with E-state index in [2.05, 4.69) is 10.3 Å². The Morgan fingerprint density at radius 1 is 1.07 bits per heavy atom. The summed E-state index contributed by atoms with van der Waals surface area (Å²) in [6, 6.07) is 3.28. The summed E-state index contributed by atoms with van der Waals surface area (Å²) in [6.45, 7) is 4.25. The predicted molar refractivity (Wildman–Crippen MR) is 155 cm³/mol. The van der Waals surface area contributed by atoms with Crippen molar-refractivity contribution in [1.82, 2.24) is 19.4 Å². The molecular formula is C28H33Cl2N5O5.